The third-order valence-electron chi connectivity index (χ3n) is 5.27. The summed E-state index contributed by atoms with van der Waals surface area (Å²) in [4.78, 5) is 12.9. The fourth-order valence-corrected chi connectivity index (χ4v) is 5.14. The molecule has 0 spiro atoms. The molecule has 0 amide bonds. The van der Waals surface area contributed by atoms with Crippen LogP contribution in [-0.2, 0) is 13.0 Å². The van der Waals surface area contributed by atoms with E-state index in [9.17, 15) is 4.79 Å². The Hall–Kier alpha value is -3.02. The molecule has 0 radical (unpaired) electrons. The summed E-state index contributed by atoms with van der Waals surface area (Å²) in [6.07, 6.45) is 6.36. The van der Waals surface area contributed by atoms with Crippen LogP contribution in [0.4, 0.5) is 0 Å². The van der Waals surface area contributed by atoms with Gasteiger partial charge in [-0.05, 0) is 35.9 Å². The highest BCUT2D eigenvalue weighted by Crippen LogP contribution is 2.23. The molecule has 2 heterocycles. The molecule has 31 heavy (non-hydrogen) atoms. The number of rotatable bonds is 5. The van der Waals surface area contributed by atoms with Crippen molar-refractivity contribution in [2.24, 2.45) is 0 Å². The highest BCUT2D eigenvalue weighted by molar-refractivity contribution is 9.10. The quantitative estimate of drug-likeness (QED) is 0.265. The third kappa shape index (κ3) is 4.11. The van der Waals surface area contributed by atoms with Crippen molar-refractivity contribution < 1.29 is 8.98 Å². The topological polar surface area (TPSA) is 34.1 Å². The molecule has 5 rings (SSSR count). The van der Waals surface area contributed by atoms with Crippen molar-refractivity contribution in [1.82, 2.24) is 0 Å². The van der Waals surface area contributed by atoms with Gasteiger partial charge in [0, 0.05) is 23.0 Å². The summed E-state index contributed by atoms with van der Waals surface area (Å²) in [5.41, 5.74) is 3.61. The van der Waals surface area contributed by atoms with E-state index in [1.807, 2.05) is 24.3 Å². The van der Waals surface area contributed by atoms with Crippen LogP contribution in [0.5, 0.6) is 0 Å². The van der Waals surface area contributed by atoms with Crippen molar-refractivity contribution in [3.8, 4) is 0 Å². The standard InChI is InChI=1S/C26H19BrNO2S/c27-20-11-12-23-21(16-20)26(29)19(17-30-23)10-13-25-28(15-14-18-6-2-1-3-7-18)22-8-4-5-9-24(22)31-25/h1-13,16-17H,14-15H2/q+1/b13-10+. The minimum Gasteiger partial charge on any atom is -0.463 e. The normalized spacial score (nSPS) is 11.6. The van der Waals surface area contributed by atoms with Crippen LogP contribution in [0.1, 0.15) is 16.1 Å². The molecule has 0 atom stereocenters. The molecule has 3 aromatic carbocycles. The van der Waals surface area contributed by atoms with Gasteiger partial charge in [-0.3, -0.25) is 4.79 Å². The Morgan fingerprint density at radius 1 is 0.968 bits per heavy atom. The minimum atomic E-state index is -0.0317. The molecule has 0 aliphatic carbocycles. The van der Waals surface area contributed by atoms with E-state index in [-0.39, 0.29) is 5.43 Å². The molecule has 0 N–H and O–H groups in total. The first-order valence-corrected chi connectivity index (χ1v) is 11.6. The number of aryl methyl sites for hydroxylation is 2. The Balaban J connectivity index is 1.53. The van der Waals surface area contributed by atoms with Crippen molar-refractivity contribution in [1.29, 1.82) is 0 Å². The van der Waals surface area contributed by atoms with Crippen molar-refractivity contribution in [2.75, 3.05) is 0 Å². The van der Waals surface area contributed by atoms with Gasteiger partial charge in [-0.15, -0.1) is 0 Å². The smallest absolute Gasteiger partial charge is 0.262 e. The first-order valence-electron chi connectivity index (χ1n) is 10.0. The molecule has 3 nitrogen and oxygen atoms in total. The van der Waals surface area contributed by atoms with Crippen LogP contribution >= 0.6 is 27.3 Å². The number of hydrogen-bond donors (Lipinski definition) is 0. The number of hydrogen-bond acceptors (Lipinski definition) is 3. The highest BCUT2D eigenvalue weighted by atomic mass is 79.9. The van der Waals surface area contributed by atoms with Crippen LogP contribution in [0, 0.1) is 0 Å². The summed E-state index contributed by atoms with van der Waals surface area (Å²) < 4.78 is 10.1. The first-order chi connectivity index (χ1) is 15.2. The summed E-state index contributed by atoms with van der Waals surface area (Å²) in [7, 11) is 0. The van der Waals surface area contributed by atoms with Crippen LogP contribution in [0.3, 0.4) is 0 Å². The van der Waals surface area contributed by atoms with E-state index in [1.165, 1.54) is 22.0 Å². The van der Waals surface area contributed by atoms with Crippen molar-refractivity contribution >= 4 is 60.6 Å². The maximum Gasteiger partial charge on any atom is 0.262 e. The molecule has 0 saturated heterocycles. The molecule has 0 bridgehead atoms. The van der Waals surface area contributed by atoms with Gasteiger partial charge in [0.05, 0.1) is 10.9 Å². The molecular formula is C26H19BrNO2S+. The lowest BCUT2D eigenvalue weighted by molar-refractivity contribution is -0.668. The summed E-state index contributed by atoms with van der Waals surface area (Å²) in [6, 6.07) is 24.4. The average molecular weight is 489 g/mol. The Kier molecular flexibility index (Phi) is 5.53. The summed E-state index contributed by atoms with van der Waals surface area (Å²) >= 11 is 5.16. The number of para-hydroxylation sites is 1. The predicted octanol–water partition coefficient (Wildman–Crippen LogP) is 6.47. The first kappa shape index (κ1) is 19.9. The second-order valence-electron chi connectivity index (χ2n) is 7.29. The summed E-state index contributed by atoms with van der Waals surface area (Å²) in [5, 5.41) is 1.68. The maximum atomic E-state index is 12.9. The third-order valence-corrected chi connectivity index (χ3v) is 6.89. The van der Waals surface area contributed by atoms with Crippen molar-refractivity contribution in [3.63, 3.8) is 0 Å². The predicted molar refractivity (Wildman–Crippen MR) is 131 cm³/mol. The molecular weight excluding hydrogens is 470 g/mol. The van der Waals surface area contributed by atoms with Gasteiger partial charge in [0.25, 0.3) is 5.01 Å². The molecule has 0 unspecified atom stereocenters. The van der Waals surface area contributed by atoms with E-state index in [2.05, 4.69) is 69.0 Å². The van der Waals surface area contributed by atoms with Crippen LogP contribution in [-0.4, -0.2) is 0 Å². The Labute approximate surface area is 192 Å². The van der Waals surface area contributed by atoms with Crippen molar-refractivity contribution in [3.05, 3.63) is 110 Å². The van der Waals surface area contributed by atoms with Crippen LogP contribution in [0.15, 0.2) is 92.7 Å². The molecule has 0 fully saturated rings. The van der Waals surface area contributed by atoms with E-state index in [0.717, 1.165) is 22.4 Å². The largest absolute Gasteiger partial charge is 0.463 e. The van der Waals surface area contributed by atoms with Gasteiger partial charge in [0.2, 0.25) is 5.52 Å². The summed E-state index contributed by atoms with van der Waals surface area (Å²) in [6.45, 7) is 0.868. The van der Waals surface area contributed by atoms with Gasteiger partial charge < -0.3 is 4.42 Å². The Morgan fingerprint density at radius 3 is 2.65 bits per heavy atom. The Morgan fingerprint density at radius 2 is 1.77 bits per heavy atom. The van der Waals surface area contributed by atoms with Gasteiger partial charge in [-0.2, -0.15) is 4.57 Å². The number of nitrogens with zero attached hydrogens (tertiary/aromatic N) is 1. The van der Waals surface area contributed by atoms with Crippen LogP contribution in [0.2, 0.25) is 0 Å². The fraction of sp³-hybridized carbons (Fsp3) is 0.0769. The van der Waals surface area contributed by atoms with E-state index in [0.29, 0.717) is 16.5 Å². The molecule has 0 saturated carbocycles. The van der Waals surface area contributed by atoms with Crippen molar-refractivity contribution in [2.45, 2.75) is 13.0 Å². The van der Waals surface area contributed by atoms with E-state index in [4.69, 9.17) is 4.42 Å². The van der Waals surface area contributed by atoms with Gasteiger partial charge >= 0.3 is 0 Å². The van der Waals surface area contributed by atoms with Gasteiger partial charge in [0.1, 0.15) is 16.5 Å². The summed E-state index contributed by atoms with van der Waals surface area (Å²) in [5.74, 6) is 0. The maximum absolute atomic E-state index is 12.9. The van der Waals surface area contributed by atoms with Gasteiger partial charge in [-0.25, -0.2) is 0 Å². The SMILES string of the molecule is O=c1c(/C=C/c2sc3ccccc3[n+]2CCc2ccccc2)coc2ccc(Br)cc12. The van der Waals surface area contributed by atoms with E-state index >= 15 is 0 Å². The zero-order valence-electron chi connectivity index (χ0n) is 16.6. The molecule has 0 aliphatic heterocycles. The zero-order chi connectivity index (χ0) is 21.2. The Bertz CT molecular complexity index is 1470. The van der Waals surface area contributed by atoms with Crippen LogP contribution < -0.4 is 10.00 Å². The van der Waals surface area contributed by atoms with E-state index < -0.39 is 0 Å². The minimum absolute atomic E-state index is 0.0317. The highest BCUT2D eigenvalue weighted by Gasteiger charge is 2.18. The zero-order valence-corrected chi connectivity index (χ0v) is 19.0. The second kappa shape index (κ2) is 8.61. The lowest BCUT2D eigenvalue weighted by Gasteiger charge is -2.00. The van der Waals surface area contributed by atoms with Crippen LogP contribution in [0.25, 0.3) is 33.3 Å². The number of aromatic nitrogens is 1. The molecule has 5 aromatic rings. The number of fused-ring (bicyclic) bond motifs is 2. The average Bonchev–Trinajstić information content (AvgIpc) is 3.16. The molecule has 5 heteroatoms. The molecule has 152 valence electrons. The number of thiazole rings is 1. The lowest BCUT2D eigenvalue weighted by Crippen LogP contribution is -2.36. The number of halogens is 1. The van der Waals surface area contributed by atoms with Gasteiger partial charge in [-0.1, -0.05) is 69.7 Å². The molecule has 2 aromatic heterocycles. The fourth-order valence-electron chi connectivity index (χ4n) is 3.69. The van der Waals surface area contributed by atoms with Gasteiger partial charge in [0.15, 0.2) is 12.0 Å². The lowest BCUT2D eigenvalue weighted by atomic mass is 10.1. The van der Waals surface area contributed by atoms with E-state index in [1.54, 1.807) is 23.5 Å². The monoisotopic (exact) mass is 488 g/mol. The second-order valence-corrected chi connectivity index (χ2v) is 9.27. The molecule has 0 aliphatic rings. The number of benzene rings is 3.